The average Bonchev–Trinajstić information content (AvgIpc) is 2.08. The van der Waals surface area contributed by atoms with Gasteiger partial charge in [0.15, 0.2) is 5.78 Å². The average molecular weight is 373 g/mol. The first-order chi connectivity index (χ1) is 6.02. The second kappa shape index (κ2) is 4.57. The van der Waals surface area contributed by atoms with Crippen LogP contribution in [0.15, 0.2) is 22.7 Å². The Morgan fingerprint density at radius 1 is 1.38 bits per heavy atom. The van der Waals surface area contributed by atoms with E-state index in [1.807, 2.05) is 0 Å². The molecule has 0 unspecified atom stereocenters. The van der Waals surface area contributed by atoms with Crippen LogP contribution in [0.5, 0.6) is 5.75 Å². The van der Waals surface area contributed by atoms with Crippen LogP contribution >= 0.6 is 47.8 Å². The van der Waals surface area contributed by atoms with Gasteiger partial charge in [-0.05, 0) is 34.1 Å². The quantitative estimate of drug-likeness (QED) is 0.637. The maximum absolute atomic E-state index is 11.4. The number of halogens is 3. The zero-order chi connectivity index (χ0) is 10.0. The van der Waals surface area contributed by atoms with Crippen LogP contribution in [0.25, 0.3) is 0 Å². The van der Waals surface area contributed by atoms with Crippen molar-refractivity contribution in [2.75, 3.05) is 0 Å². The molecule has 5 heteroatoms. The van der Waals surface area contributed by atoms with Gasteiger partial charge in [-0.1, -0.05) is 31.9 Å². The van der Waals surface area contributed by atoms with E-state index in [-0.39, 0.29) is 11.5 Å². The minimum absolute atomic E-state index is 0.0827. The summed E-state index contributed by atoms with van der Waals surface area (Å²) in [6.07, 6.45) is 0. The van der Waals surface area contributed by atoms with Gasteiger partial charge in [0.1, 0.15) is 9.49 Å². The first-order valence-electron chi connectivity index (χ1n) is 3.33. The fourth-order valence-corrected chi connectivity index (χ4v) is 1.69. The molecule has 0 bridgehead atoms. The highest BCUT2D eigenvalue weighted by Gasteiger charge is 2.14. The maximum Gasteiger partial charge on any atom is 0.187 e. The SMILES string of the molecule is O=C(c1ccc(O)c(Br)c1)C(Br)Br. The second-order valence-electron chi connectivity index (χ2n) is 2.33. The number of carbonyl (C=O) groups is 1. The predicted octanol–water partition coefficient (Wildman–Crippen LogP) is 3.45. The molecule has 0 aliphatic carbocycles. The van der Waals surface area contributed by atoms with Crippen LogP contribution in [0.4, 0.5) is 0 Å². The predicted molar refractivity (Wildman–Crippen MR) is 61.8 cm³/mol. The molecule has 0 saturated carbocycles. The summed E-state index contributed by atoms with van der Waals surface area (Å²) < 4.78 is 0.121. The monoisotopic (exact) mass is 370 g/mol. The van der Waals surface area contributed by atoms with E-state index in [4.69, 9.17) is 0 Å². The maximum atomic E-state index is 11.4. The molecular formula is C8H5Br3O2. The summed E-state index contributed by atoms with van der Waals surface area (Å²) in [5, 5.41) is 9.18. The lowest BCUT2D eigenvalue weighted by Crippen LogP contribution is -2.06. The molecule has 0 heterocycles. The number of hydrogen-bond donors (Lipinski definition) is 1. The molecule has 0 aliphatic rings. The van der Waals surface area contributed by atoms with E-state index in [1.165, 1.54) is 6.07 Å². The Labute approximate surface area is 101 Å². The van der Waals surface area contributed by atoms with E-state index in [2.05, 4.69) is 47.8 Å². The number of benzene rings is 1. The molecule has 1 rings (SSSR count). The molecule has 0 aliphatic heterocycles. The van der Waals surface area contributed by atoms with Gasteiger partial charge in [0.25, 0.3) is 0 Å². The van der Waals surface area contributed by atoms with E-state index in [9.17, 15) is 9.90 Å². The summed E-state index contributed by atoms with van der Waals surface area (Å²) in [5.74, 6) is 0.0398. The third kappa shape index (κ3) is 2.79. The van der Waals surface area contributed by atoms with Crippen LogP contribution in [0, 0.1) is 0 Å². The topological polar surface area (TPSA) is 37.3 Å². The van der Waals surface area contributed by atoms with Crippen molar-refractivity contribution in [1.82, 2.24) is 0 Å². The summed E-state index contributed by atoms with van der Waals surface area (Å²) in [6, 6.07) is 4.62. The van der Waals surface area contributed by atoms with E-state index in [0.717, 1.165) is 0 Å². The Morgan fingerprint density at radius 2 is 2.00 bits per heavy atom. The highest BCUT2D eigenvalue weighted by Crippen LogP contribution is 2.26. The van der Waals surface area contributed by atoms with Crippen LogP contribution in [-0.2, 0) is 0 Å². The molecule has 1 aromatic rings. The zero-order valence-corrected chi connectivity index (χ0v) is 11.1. The van der Waals surface area contributed by atoms with E-state index in [0.29, 0.717) is 10.0 Å². The molecule has 0 saturated heterocycles. The zero-order valence-electron chi connectivity index (χ0n) is 6.30. The van der Waals surface area contributed by atoms with Crippen molar-refractivity contribution in [3.8, 4) is 5.75 Å². The molecule has 0 atom stereocenters. The van der Waals surface area contributed by atoms with Crippen LogP contribution in [0.1, 0.15) is 10.4 Å². The molecule has 13 heavy (non-hydrogen) atoms. The van der Waals surface area contributed by atoms with E-state index < -0.39 is 3.74 Å². The molecule has 2 nitrogen and oxygen atoms in total. The fraction of sp³-hybridized carbons (Fsp3) is 0.125. The van der Waals surface area contributed by atoms with Gasteiger partial charge in [0.2, 0.25) is 0 Å². The number of phenolic OH excluding ortho intramolecular Hbond substituents is 1. The lowest BCUT2D eigenvalue weighted by Gasteiger charge is -2.02. The van der Waals surface area contributed by atoms with Crippen molar-refractivity contribution < 1.29 is 9.90 Å². The molecular weight excluding hydrogens is 368 g/mol. The van der Waals surface area contributed by atoms with E-state index in [1.54, 1.807) is 12.1 Å². The lowest BCUT2D eigenvalue weighted by atomic mass is 10.1. The number of hydrogen-bond acceptors (Lipinski definition) is 2. The number of rotatable bonds is 2. The summed E-state index contributed by atoms with van der Waals surface area (Å²) in [5.41, 5.74) is 0.531. The van der Waals surface area contributed by atoms with Crippen LogP contribution in [0.2, 0.25) is 0 Å². The number of carbonyl (C=O) groups excluding carboxylic acids is 1. The van der Waals surface area contributed by atoms with Gasteiger partial charge >= 0.3 is 0 Å². The standard InChI is InChI=1S/C8H5Br3O2/c9-5-3-4(1-2-6(5)12)7(13)8(10)11/h1-3,8,12H. The van der Waals surface area contributed by atoms with Crippen molar-refractivity contribution in [3.05, 3.63) is 28.2 Å². The third-order valence-corrected chi connectivity index (χ3v) is 2.90. The Hall–Kier alpha value is 0.130. The summed E-state index contributed by atoms with van der Waals surface area (Å²) in [6.45, 7) is 0. The number of phenols is 1. The van der Waals surface area contributed by atoms with E-state index >= 15 is 0 Å². The second-order valence-corrected chi connectivity index (χ2v) is 6.25. The Kier molecular flexibility index (Phi) is 3.94. The van der Waals surface area contributed by atoms with Gasteiger partial charge in [-0.15, -0.1) is 0 Å². The summed E-state index contributed by atoms with van der Waals surface area (Å²) in [4.78, 5) is 11.4. The van der Waals surface area contributed by atoms with Crippen molar-refractivity contribution >= 4 is 53.6 Å². The number of ketones is 1. The van der Waals surface area contributed by atoms with Crippen molar-refractivity contribution in [2.24, 2.45) is 0 Å². The molecule has 1 N–H and O–H groups in total. The normalized spacial score (nSPS) is 10.5. The molecule has 0 spiro atoms. The molecule has 70 valence electrons. The van der Waals surface area contributed by atoms with Gasteiger partial charge in [-0.2, -0.15) is 0 Å². The number of aromatic hydroxyl groups is 1. The van der Waals surface area contributed by atoms with Gasteiger partial charge < -0.3 is 5.11 Å². The summed E-state index contributed by atoms with van der Waals surface area (Å²) in [7, 11) is 0. The van der Waals surface area contributed by atoms with Crippen LogP contribution in [-0.4, -0.2) is 14.6 Å². The highest BCUT2D eigenvalue weighted by molar-refractivity contribution is 9.25. The summed E-state index contributed by atoms with van der Waals surface area (Å²) >= 11 is 9.35. The molecule has 1 aromatic carbocycles. The van der Waals surface area contributed by atoms with Gasteiger partial charge in [0, 0.05) is 5.56 Å². The van der Waals surface area contributed by atoms with Crippen LogP contribution < -0.4 is 0 Å². The molecule has 0 radical (unpaired) electrons. The van der Waals surface area contributed by atoms with Crippen molar-refractivity contribution in [2.45, 2.75) is 3.74 Å². The number of alkyl halides is 2. The molecule has 0 fully saturated rings. The minimum Gasteiger partial charge on any atom is -0.507 e. The smallest absolute Gasteiger partial charge is 0.187 e. The minimum atomic E-state index is -0.392. The Bertz CT molecular complexity index is 336. The molecule has 0 amide bonds. The van der Waals surface area contributed by atoms with Gasteiger partial charge in [-0.3, -0.25) is 4.79 Å². The first-order valence-corrected chi connectivity index (χ1v) is 5.95. The Balaban J connectivity index is 3.04. The van der Waals surface area contributed by atoms with Crippen molar-refractivity contribution in [3.63, 3.8) is 0 Å². The van der Waals surface area contributed by atoms with Crippen LogP contribution in [0.3, 0.4) is 0 Å². The van der Waals surface area contributed by atoms with Crippen molar-refractivity contribution in [1.29, 1.82) is 0 Å². The molecule has 0 aromatic heterocycles. The van der Waals surface area contributed by atoms with Gasteiger partial charge in [-0.25, -0.2) is 0 Å². The largest absolute Gasteiger partial charge is 0.507 e. The fourth-order valence-electron chi connectivity index (χ4n) is 0.786. The Morgan fingerprint density at radius 3 is 2.46 bits per heavy atom. The third-order valence-electron chi connectivity index (χ3n) is 1.43. The first kappa shape index (κ1) is 11.2. The lowest BCUT2D eigenvalue weighted by molar-refractivity contribution is 0.101. The number of Topliss-reactive ketones (excluding diaryl/α,β-unsaturated/α-hetero) is 1. The van der Waals surface area contributed by atoms with Gasteiger partial charge in [0.05, 0.1) is 4.47 Å². The highest BCUT2D eigenvalue weighted by atomic mass is 79.9.